The third-order valence-corrected chi connectivity index (χ3v) is 7.26. The second kappa shape index (κ2) is 11.9. The molecule has 10 heteroatoms. The Hall–Kier alpha value is -4.18. The summed E-state index contributed by atoms with van der Waals surface area (Å²) in [6, 6.07) is 7.70. The van der Waals surface area contributed by atoms with Gasteiger partial charge in [0, 0.05) is 45.1 Å². The summed E-state index contributed by atoms with van der Waals surface area (Å²) in [6.07, 6.45) is 6.54. The molecule has 2 heterocycles. The number of ketones is 1. The van der Waals surface area contributed by atoms with Crippen molar-refractivity contribution in [3.8, 4) is 0 Å². The fraction of sp³-hybridized carbons (Fsp3) is 0.179. The van der Waals surface area contributed by atoms with Crippen molar-refractivity contribution in [2.24, 2.45) is 5.73 Å². The Morgan fingerprint density at radius 2 is 1.97 bits per heavy atom. The van der Waals surface area contributed by atoms with Gasteiger partial charge in [-0.1, -0.05) is 32.2 Å². The lowest BCUT2D eigenvalue weighted by Gasteiger charge is -2.07. The minimum atomic E-state index is -3.75. The monoisotopic (exact) mass is 540 g/mol. The van der Waals surface area contributed by atoms with Gasteiger partial charge in [0.25, 0.3) is 0 Å². The Balaban J connectivity index is 1.96. The van der Waals surface area contributed by atoms with Gasteiger partial charge in [-0.15, -0.1) is 0 Å². The van der Waals surface area contributed by atoms with Crippen LogP contribution in [0.1, 0.15) is 35.0 Å². The van der Waals surface area contributed by atoms with E-state index in [9.17, 15) is 22.0 Å². The summed E-state index contributed by atoms with van der Waals surface area (Å²) < 4.78 is 53.9. The lowest BCUT2D eigenvalue weighted by Crippen LogP contribution is -2.26. The first-order valence-corrected chi connectivity index (χ1v) is 13.4. The number of H-pyrrole nitrogens is 2. The highest BCUT2D eigenvalue weighted by Gasteiger charge is 2.18. The maximum Gasteiger partial charge on any atom is 0.232 e. The van der Waals surface area contributed by atoms with Gasteiger partial charge in [-0.05, 0) is 54.8 Å². The number of hydrogen-bond acceptors (Lipinski definition) is 4. The predicted molar refractivity (Wildman–Crippen MR) is 149 cm³/mol. The first-order chi connectivity index (χ1) is 18.0. The van der Waals surface area contributed by atoms with E-state index in [0.717, 1.165) is 34.3 Å². The van der Waals surface area contributed by atoms with Crippen LogP contribution in [0.2, 0.25) is 0 Å². The maximum atomic E-state index is 14.8. The molecule has 38 heavy (non-hydrogen) atoms. The molecule has 200 valence electrons. The first-order valence-electron chi connectivity index (χ1n) is 11.8. The van der Waals surface area contributed by atoms with Gasteiger partial charge in [0.05, 0.1) is 17.0 Å². The number of Topliss-reactive ketones (excluding diaryl/α,β-unsaturated/α-hetero) is 1. The Kier molecular flexibility index (Phi) is 8.90. The van der Waals surface area contributed by atoms with Crippen LogP contribution in [0.25, 0.3) is 29.1 Å². The van der Waals surface area contributed by atoms with Crippen LogP contribution in [0.5, 0.6) is 0 Å². The van der Waals surface area contributed by atoms with E-state index in [0.29, 0.717) is 22.6 Å². The molecule has 0 aliphatic carbocycles. The van der Waals surface area contributed by atoms with Crippen molar-refractivity contribution in [2.45, 2.75) is 20.3 Å². The SMILES string of the molecule is C=C(C(=O)c1c[nH]c(=C)/c1=C\C(=C/N)c1cccc2[nH]c(C)cc12)/C(F)=C\C=C(/CF)NS(=O)(=O)CCC. The minimum absolute atomic E-state index is 0.110. The lowest BCUT2D eigenvalue weighted by molar-refractivity contribution is 0.103. The van der Waals surface area contributed by atoms with Crippen LogP contribution >= 0.6 is 0 Å². The van der Waals surface area contributed by atoms with Crippen molar-refractivity contribution in [1.82, 2.24) is 14.7 Å². The Morgan fingerprint density at radius 3 is 2.63 bits per heavy atom. The molecule has 5 N–H and O–H groups in total. The number of fused-ring (bicyclic) bond motifs is 1. The predicted octanol–water partition coefficient (Wildman–Crippen LogP) is 3.77. The maximum absolute atomic E-state index is 14.8. The molecule has 0 unspecified atom stereocenters. The van der Waals surface area contributed by atoms with E-state index >= 15 is 0 Å². The van der Waals surface area contributed by atoms with Crippen molar-refractivity contribution in [3.63, 3.8) is 0 Å². The van der Waals surface area contributed by atoms with Crippen molar-refractivity contribution in [3.05, 3.63) is 99.9 Å². The molecule has 2 aromatic heterocycles. The summed E-state index contributed by atoms with van der Waals surface area (Å²) in [6.45, 7) is 9.90. The summed E-state index contributed by atoms with van der Waals surface area (Å²) >= 11 is 0. The zero-order valence-electron chi connectivity index (χ0n) is 21.2. The lowest BCUT2D eigenvalue weighted by atomic mass is 9.99. The number of aromatic amines is 2. The van der Waals surface area contributed by atoms with Crippen LogP contribution in [-0.2, 0) is 10.0 Å². The van der Waals surface area contributed by atoms with Crippen molar-refractivity contribution < 1.29 is 22.0 Å². The highest BCUT2D eigenvalue weighted by Crippen LogP contribution is 2.26. The van der Waals surface area contributed by atoms with Crippen LogP contribution < -0.4 is 21.0 Å². The number of benzene rings is 1. The number of aryl methyl sites for hydroxylation is 1. The van der Waals surface area contributed by atoms with E-state index < -0.39 is 33.9 Å². The van der Waals surface area contributed by atoms with E-state index in [4.69, 9.17) is 5.73 Å². The third-order valence-electron chi connectivity index (χ3n) is 5.74. The van der Waals surface area contributed by atoms with Crippen molar-refractivity contribution in [2.75, 3.05) is 12.4 Å². The van der Waals surface area contributed by atoms with Gasteiger partial charge in [0.15, 0.2) is 5.78 Å². The van der Waals surface area contributed by atoms with Crippen molar-refractivity contribution in [1.29, 1.82) is 0 Å². The molecular formula is C28H30F2N4O3S. The molecule has 0 saturated carbocycles. The summed E-state index contributed by atoms with van der Waals surface area (Å²) in [4.78, 5) is 19.3. The molecule has 3 aromatic rings. The molecule has 0 amide bonds. The molecule has 0 atom stereocenters. The van der Waals surface area contributed by atoms with Gasteiger partial charge < -0.3 is 15.7 Å². The average Bonchev–Trinajstić information content (AvgIpc) is 3.44. The normalized spacial score (nSPS) is 13.8. The van der Waals surface area contributed by atoms with Gasteiger partial charge in [0.1, 0.15) is 12.5 Å². The summed E-state index contributed by atoms with van der Waals surface area (Å²) in [5.74, 6) is -1.99. The number of carbonyl (C=O) groups is 1. The molecule has 1 aromatic carbocycles. The molecule has 3 rings (SSSR count). The van der Waals surface area contributed by atoms with E-state index in [-0.39, 0.29) is 17.0 Å². The zero-order valence-corrected chi connectivity index (χ0v) is 22.0. The van der Waals surface area contributed by atoms with E-state index in [1.807, 2.05) is 31.2 Å². The number of alkyl halides is 1. The number of aromatic nitrogens is 2. The molecule has 0 saturated heterocycles. The molecule has 0 aliphatic heterocycles. The number of nitrogens with one attached hydrogen (secondary N) is 3. The molecule has 0 bridgehead atoms. The molecular weight excluding hydrogens is 510 g/mol. The third kappa shape index (κ3) is 6.38. The standard InChI is InChI=1S/C28H30F2N4O3S/c1-5-11-38(36,37)34-21(14-29)9-10-26(30)18(3)28(35)25-16-32-19(4)23(25)13-20(15-31)22-7-6-8-27-24(22)12-17(2)33-27/h6-10,12-13,15-16,32-34H,3-5,11,14,31H2,1-2H3/b20-15+,21-9+,23-13+,26-10+. The molecule has 0 spiro atoms. The molecule has 7 nitrogen and oxygen atoms in total. The zero-order chi connectivity index (χ0) is 28.0. The number of carbonyl (C=O) groups excluding carboxylic acids is 1. The van der Waals surface area contributed by atoms with Crippen LogP contribution in [0.15, 0.2) is 72.5 Å². The van der Waals surface area contributed by atoms with Crippen LogP contribution in [0.4, 0.5) is 8.78 Å². The summed E-state index contributed by atoms with van der Waals surface area (Å²) in [5.41, 5.74) is 8.54. The molecule has 0 aliphatic rings. The van der Waals surface area contributed by atoms with Gasteiger partial charge in [-0.3, -0.25) is 9.52 Å². The van der Waals surface area contributed by atoms with Gasteiger partial charge in [-0.2, -0.15) is 0 Å². The van der Waals surface area contributed by atoms with Gasteiger partial charge in [-0.25, -0.2) is 17.2 Å². The largest absolute Gasteiger partial charge is 0.404 e. The number of allylic oxidation sites excluding steroid dienone is 6. The van der Waals surface area contributed by atoms with Gasteiger partial charge in [0.2, 0.25) is 10.0 Å². The average molecular weight is 541 g/mol. The quantitative estimate of drug-likeness (QED) is 0.168. The fourth-order valence-corrected chi connectivity index (χ4v) is 5.08. The minimum Gasteiger partial charge on any atom is -0.404 e. The Bertz CT molecular complexity index is 1690. The number of hydrogen-bond donors (Lipinski definition) is 4. The second-order valence-electron chi connectivity index (χ2n) is 8.65. The fourth-order valence-electron chi connectivity index (χ4n) is 3.92. The smallest absolute Gasteiger partial charge is 0.232 e. The Morgan fingerprint density at radius 1 is 1.24 bits per heavy atom. The highest BCUT2D eigenvalue weighted by molar-refractivity contribution is 7.89. The molecule has 0 radical (unpaired) electrons. The van der Waals surface area contributed by atoms with E-state index in [1.165, 1.54) is 12.4 Å². The van der Waals surface area contributed by atoms with Crippen LogP contribution in [0, 0.1) is 6.92 Å². The number of nitrogens with two attached hydrogens (primary N) is 1. The number of sulfonamides is 1. The van der Waals surface area contributed by atoms with Crippen LogP contribution in [-0.4, -0.2) is 36.6 Å². The van der Waals surface area contributed by atoms with Gasteiger partial charge >= 0.3 is 0 Å². The second-order valence-corrected chi connectivity index (χ2v) is 10.5. The van der Waals surface area contributed by atoms with E-state index in [1.54, 1.807) is 13.0 Å². The highest BCUT2D eigenvalue weighted by atomic mass is 32.2. The number of rotatable bonds is 11. The van der Waals surface area contributed by atoms with E-state index in [2.05, 4.69) is 27.8 Å². The number of halogens is 2. The molecule has 0 fully saturated rings. The topological polar surface area (TPSA) is 121 Å². The van der Waals surface area contributed by atoms with Crippen LogP contribution in [0.3, 0.4) is 0 Å². The summed E-state index contributed by atoms with van der Waals surface area (Å²) in [7, 11) is -3.75. The van der Waals surface area contributed by atoms with Crippen molar-refractivity contribution >= 4 is 44.9 Å². The first kappa shape index (κ1) is 28.4. The Labute approximate surface area is 219 Å². The summed E-state index contributed by atoms with van der Waals surface area (Å²) in [5, 5.41) is 1.75.